The number of likely N-dealkylation sites (tertiary alicyclic amines) is 1. The van der Waals surface area contributed by atoms with Gasteiger partial charge in [-0.1, -0.05) is 0 Å². The zero-order chi connectivity index (χ0) is 13.1. The molecule has 96 valence electrons. The van der Waals surface area contributed by atoms with Gasteiger partial charge in [-0.2, -0.15) is 0 Å². The minimum atomic E-state index is -0.545. The zero-order valence-corrected chi connectivity index (χ0v) is 9.78. The Morgan fingerprint density at radius 3 is 2.83 bits per heavy atom. The maximum atomic E-state index is 11.3. The molecule has 1 saturated heterocycles. The summed E-state index contributed by atoms with van der Waals surface area (Å²) in [6.07, 6.45) is 4.19. The van der Waals surface area contributed by atoms with Crippen LogP contribution in [-0.4, -0.2) is 27.4 Å². The van der Waals surface area contributed by atoms with E-state index in [-0.39, 0.29) is 11.9 Å². The van der Waals surface area contributed by atoms with E-state index in [2.05, 4.69) is 4.98 Å². The Bertz CT molecular complexity index is 460. The van der Waals surface area contributed by atoms with Crippen LogP contribution >= 0.6 is 0 Å². The average Bonchev–Trinajstić information content (AvgIpc) is 2.39. The maximum Gasteiger partial charge on any atom is 0.363 e. The first-order chi connectivity index (χ1) is 8.59. The number of nitrogens with two attached hydrogens (primary N) is 1. The number of hydrogen-bond donors (Lipinski definition) is 1. The van der Waals surface area contributed by atoms with Crippen molar-refractivity contribution in [3.63, 3.8) is 0 Å². The van der Waals surface area contributed by atoms with Gasteiger partial charge in [-0.3, -0.25) is 0 Å². The van der Waals surface area contributed by atoms with Crippen molar-refractivity contribution in [2.24, 2.45) is 5.73 Å². The highest BCUT2D eigenvalue weighted by Gasteiger charge is 2.27. The molecule has 0 saturated carbocycles. The molecule has 1 aromatic heterocycles. The molecule has 1 unspecified atom stereocenters. The molecule has 7 heteroatoms. The molecule has 1 aliphatic rings. The van der Waals surface area contributed by atoms with Crippen LogP contribution in [0.15, 0.2) is 18.3 Å². The summed E-state index contributed by atoms with van der Waals surface area (Å²) >= 11 is 0. The molecule has 1 fully saturated rings. The number of primary amides is 1. The fourth-order valence-corrected chi connectivity index (χ4v) is 2.24. The summed E-state index contributed by atoms with van der Waals surface area (Å²) in [6, 6.07) is 2.41. The highest BCUT2D eigenvalue weighted by molar-refractivity contribution is 5.72. The van der Waals surface area contributed by atoms with Crippen molar-refractivity contribution < 1.29 is 9.72 Å². The lowest BCUT2D eigenvalue weighted by atomic mass is 9.97. The average molecular weight is 250 g/mol. The van der Waals surface area contributed by atoms with Crippen LogP contribution in [0.5, 0.6) is 0 Å². The highest BCUT2D eigenvalue weighted by atomic mass is 16.6. The van der Waals surface area contributed by atoms with E-state index in [0.29, 0.717) is 6.54 Å². The van der Waals surface area contributed by atoms with Crippen LogP contribution in [-0.2, 0) is 0 Å². The van der Waals surface area contributed by atoms with Gasteiger partial charge in [0.25, 0.3) is 0 Å². The Morgan fingerprint density at radius 2 is 2.28 bits per heavy atom. The molecule has 0 spiro atoms. The van der Waals surface area contributed by atoms with Crippen molar-refractivity contribution >= 4 is 11.8 Å². The Kier molecular flexibility index (Phi) is 3.40. The molecular formula is C11H14N4O3. The van der Waals surface area contributed by atoms with E-state index >= 15 is 0 Å². The van der Waals surface area contributed by atoms with Gasteiger partial charge in [0.15, 0.2) is 0 Å². The van der Waals surface area contributed by atoms with Crippen molar-refractivity contribution in [2.45, 2.75) is 25.3 Å². The van der Waals surface area contributed by atoms with Gasteiger partial charge < -0.3 is 20.7 Å². The zero-order valence-electron chi connectivity index (χ0n) is 9.78. The van der Waals surface area contributed by atoms with Crippen LogP contribution in [0.25, 0.3) is 0 Å². The molecule has 0 bridgehead atoms. The third-order valence-corrected chi connectivity index (χ3v) is 3.13. The Balaban J connectivity index is 2.23. The second-order valence-electron chi connectivity index (χ2n) is 4.25. The number of carbonyl (C=O) groups excluding carboxylic acids is 1. The van der Waals surface area contributed by atoms with Crippen LogP contribution in [0.1, 0.15) is 30.9 Å². The first kappa shape index (κ1) is 12.3. The Hall–Kier alpha value is -2.18. The Labute approximate surface area is 104 Å². The number of nitrogens with zero attached hydrogens (tertiary/aromatic N) is 3. The first-order valence-electron chi connectivity index (χ1n) is 5.76. The molecule has 2 N–H and O–H groups in total. The molecule has 7 nitrogen and oxygen atoms in total. The molecular weight excluding hydrogens is 236 g/mol. The third-order valence-electron chi connectivity index (χ3n) is 3.13. The molecule has 1 aromatic rings. The minimum absolute atomic E-state index is 0.121. The number of rotatable bonds is 2. The van der Waals surface area contributed by atoms with Crippen molar-refractivity contribution in [3.05, 3.63) is 34.0 Å². The summed E-state index contributed by atoms with van der Waals surface area (Å²) in [5.41, 5.74) is 6.12. The van der Waals surface area contributed by atoms with Gasteiger partial charge in [-0.15, -0.1) is 0 Å². The maximum absolute atomic E-state index is 11.3. The molecule has 18 heavy (non-hydrogen) atoms. The van der Waals surface area contributed by atoms with Gasteiger partial charge in [-0.05, 0) is 35.2 Å². The highest BCUT2D eigenvalue weighted by Crippen LogP contribution is 2.30. The van der Waals surface area contributed by atoms with Crippen molar-refractivity contribution in [3.8, 4) is 0 Å². The summed E-state index contributed by atoms with van der Waals surface area (Å²) in [5.74, 6) is -0.194. The predicted octanol–water partition coefficient (Wildman–Crippen LogP) is 1.60. The molecule has 0 aliphatic carbocycles. The fraction of sp³-hybridized carbons (Fsp3) is 0.455. The van der Waals surface area contributed by atoms with E-state index in [9.17, 15) is 14.9 Å². The second-order valence-corrected chi connectivity index (χ2v) is 4.25. The monoisotopic (exact) mass is 250 g/mol. The van der Waals surface area contributed by atoms with Crippen LogP contribution in [0.2, 0.25) is 0 Å². The van der Waals surface area contributed by atoms with Crippen LogP contribution in [0, 0.1) is 10.1 Å². The quantitative estimate of drug-likeness (QED) is 0.635. The SMILES string of the molecule is NC(=O)N1CCCCC1c1ccc([N+](=O)[O-])nc1. The number of amides is 2. The fourth-order valence-electron chi connectivity index (χ4n) is 2.24. The summed E-state index contributed by atoms with van der Waals surface area (Å²) in [6.45, 7) is 0.622. The van der Waals surface area contributed by atoms with Gasteiger partial charge in [0.1, 0.15) is 6.20 Å². The van der Waals surface area contributed by atoms with E-state index in [1.807, 2.05) is 0 Å². The summed E-state index contributed by atoms with van der Waals surface area (Å²) in [5, 5.41) is 10.5. The lowest BCUT2D eigenvalue weighted by Gasteiger charge is -2.34. The Morgan fingerprint density at radius 1 is 1.50 bits per heavy atom. The standard InChI is InChI=1S/C11H14N4O3/c12-11(16)14-6-2-1-3-9(14)8-4-5-10(13-7-8)15(17)18/h4-5,7,9H,1-3,6H2,(H2,12,16). The number of urea groups is 1. The number of pyridine rings is 1. The number of hydrogen-bond acceptors (Lipinski definition) is 4. The van der Waals surface area contributed by atoms with Gasteiger partial charge in [0, 0.05) is 18.2 Å². The normalized spacial score (nSPS) is 19.6. The van der Waals surface area contributed by atoms with Crippen LogP contribution < -0.4 is 5.73 Å². The van der Waals surface area contributed by atoms with E-state index < -0.39 is 11.0 Å². The van der Waals surface area contributed by atoms with E-state index in [4.69, 9.17) is 5.73 Å². The molecule has 1 aliphatic heterocycles. The van der Waals surface area contributed by atoms with Crippen LogP contribution in [0.3, 0.4) is 0 Å². The van der Waals surface area contributed by atoms with Crippen molar-refractivity contribution in [2.75, 3.05) is 6.54 Å². The van der Waals surface area contributed by atoms with Crippen molar-refractivity contribution in [1.82, 2.24) is 9.88 Å². The second kappa shape index (κ2) is 4.99. The first-order valence-corrected chi connectivity index (χ1v) is 5.76. The lowest BCUT2D eigenvalue weighted by molar-refractivity contribution is -0.389. The van der Waals surface area contributed by atoms with E-state index in [0.717, 1.165) is 24.8 Å². The number of nitro groups is 1. The summed E-state index contributed by atoms with van der Waals surface area (Å²) in [4.78, 5) is 26.7. The predicted molar refractivity (Wildman–Crippen MR) is 63.8 cm³/mol. The molecule has 0 radical (unpaired) electrons. The molecule has 2 rings (SSSR count). The third kappa shape index (κ3) is 2.39. The molecule has 0 aromatic carbocycles. The van der Waals surface area contributed by atoms with Crippen molar-refractivity contribution in [1.29, 1.82) is 0 Å². The smallest absolute Gasteiger partial charge is 0.358 e. The van der Waals surface area contributed by atoms with Crippen LogP contribution in [0.4, 0.5) is 10.6 Å². The van der Waals surface area contributed by atoms with Gasteiger partial charge >= 0.3 is 11.8 Å². The number of carbonyl (C=O) groups is 1. The van der Waals surface area contributed by atoms with E-state index in [1.54, 1.807) is 11.0 Å². The molecule has 2 amide bonds. The molecule has 1 atom stereocenters. The van der Waals surface area contributed by atoms with Gasteiger partial charge in [-0.25, -0.2) is 4.79 Å². The molecule has 2 heterocycles. The van der Waals surface area contributed by atoms with E-state index in [1.165, 1.54) is 12.3 Å². The number of aromatic nitrogens is 1. The largest absolute Gasteiger partial charge is 0.363 e. The lowest BCUT2D eigenvalue weighted by Crippen LogP contribution is -2.41. The summed E-state index contributed by atoms with van der Waals surface area (Å²) in [7, 11) is 0. The minimum Gasteiger partial charge on any atom is -0.358 e. The topological polar surface area (TPSA) is 102 Å². The number of piperidine rings is 1. The summed E-state index contributed by atoms with van der Waals surface area (Å²) < 4.78 is 0. The van der Waals surface area contributed by atoms with Gasteiger partial charge in [0.2, 0.25) is 0 Å². The van der Waals surface area contributed by atoms with Gasteiger partial charge in [0.05, 0.1) is 6.04 Å².